The average Bonchev–Trinajstić information content (AvgIpc) is 3.06. The Labute approximate surface area is 114 Å². The van der Waals surface area contributed by atoms with Crippen LogP contribution in [0.5, 0.6) is 0 Å². The molecule has 0 radical (unpaired) electrons. The number of ether oxygens (including phenoxy) is 1. The number of imidazole rings is 2. The van der Waals surface area contributed by atoms with Gasteiger partial charge in [-0.05, 0) is 18.4 Å². The Morgan fingerprint density at radius 3 is 2.95 bits per heavy atom. The van der Waals surface area contributed by atoms with Crippen LogP contribution in [0, 0.1) is 0 Å². The van der Waals surface area contributed by atoms with Gasteiger partial charge in [-0.25, -0.2) is 9.78 Å². The van der Waals surface area contributed by atoms with Gasteiger partial charge >= 0.3 is 5.97 Å². The summed E-state index contributed by atoms with van der Waals surface area (Å²) in [6.07, 6.45) is 3.67. The molecule has 0 fully saturated rings. The van der Waals surface area contributed by atoms with Crippen molar-refractivity contribution >= 4 is 23.1 Å². The third-order valence-corrected chi connectivity index (χ3v) is 3.79. The van der Waals surface area contributed by atoms with E-state index in [9.17, 15) is 4.79 Å². The fourth-order valence-corrected chi connectivity index (χ4v) is 2.67. The summed E-state index contributed by atoms with van der Waals surface area (Å²) in [6, 6.07) is 4.02. The fourth-order valence-electron chi connectivity index (χ4n) is 1.99. The van der Waals surface area contributed by atoms with E-state index in [1.165, 1.54) is 0 Å². The molecule has 3 rings (SSSR count). The highest BCUT2D eigenvalue weighted by Gasteiger charge is 2.17. The minimum Gasteiger partial charge on any atom is -0.461 e. The van der Waals surface area contributed by atoms with E-state index in [2.05, 4.69) is 4.98 Å². The molecule has 0 aliphatic rings. The molecule has 0 unspecified atom stereocenters. The molecule has 0 saturated heterocycles. The van der Waals surface area contributed by atoms with Crippen LogP contribution in [-0.4, -0.2) is 26.5 Å². The maximum Gasteiger partial charge on any atom is 0.356 e. The van der Waals surface area contributed by atoms with E-state index in [4.69, 9.17) is 4.74 Å². The topological polar surface area (TPSA) is 48.5 Å². The van der Waals surface area contributed by atoms with Crippen molar-refractivity contribution in [3.05, 3.63) is 35.6 Å². The molecule has 3 aromatic rings. The van der Waals surface area contributed by atoms with Gasteiger partial charge in [0, 0.05) is 19.4 Å². The van der Waals surface area contributed by atoms with Crippen LogP contribution in [0.3, 0.4) is 0 Å². The van der Waals surface area contributed by atoms with Gasteiger partial charge in [-0.1, -0.05) is 6.07 Å². The van der Waals surface area contributed by atoms with Crippen LogP contribution in [0.1, 0.15) is 17.4 Å². The number of carbonyl (C=O) groups excluding carboxylic acids is 1. The van der Waals surface area contributed by atoms with Crippen molar-refractivity contribution in [2.45, 2.75) is 6.92 Å². The van der Waals surface area contributed by atoms with Crippen LogP contribution in [-0.2, 0) is 11.8 Å². The summed E-state index contributed by atoms with van der Waals surface area (Å²) in [5.74, 6) is 0.402. The van der Waals surface area contributed by atoms with Crippen LogP contribution in [0.25, 0.3) is 16.3 Å². The molecule has 0 bridgehead atoms. The Balaban J connectivity index is 2.05. The van der Waals surface area contributed by atoms with Gasteiger partial charge in [0.05, 0.1) is 11.5 Å². The Kier molecular flexibility index (Phi) is 2.87. The largest absolute Gasteiger partial charge is 0.461 e. The lowest BCUT2D eigenvalue weighted by Crippen LogP contribution is -2.09. The summed E-state index contributed by atoms with van der Waals surface area (Å²) in [7, 11) is 1.81. The summed E-state index contributed by atoms with van der Waals surface area (Å²) in [5, 5.41) is 2.02. The van der Waals surface area contributed by atoms with E-state index in [0.717, 1.165) is 16.3 Å². The zero-order valence-corrected chi connectivity index (χ0v) is 11.5. The van der Waals surface area contributed by atoms with Crippen molar-refractivity contribution in [3.63, 3.8) is 0 Å². The van der Waals surface area contributed by atoms with Gasteiger partial charge in [-0.2, -0.15) is 0 Å². The lowest BCUT2D eigenvalue weighted by atomic mass is 10.4. The van der Waals surface area contributed by atoms with E-state index in [-0.39, 0.29) is 5.97 Å². The Bertz CT molecular complexity index is 725. The predicted molar refractivity (Wildman–Crippen MR) is 73.4 cm³/mol. The van der Waals surface area contributed by atoms with Gasteiger partial charge in [0.15, 0.2) is 0 Å². The molecule has 98 valence electrons. The third kappa shape index (κ3) is 1.94. The third-order valence-electron chi connectivity index (χ3n) is 2.89. The molecule has 0 aliphatic carbocycles. The SMILES string of the molecule is CCOC(=O)c1cn2cc(-c3cccs3)nc2n1C. The molecule has 6 heteroatoms. The van der Waals surface area contributed by atoms with Crippen LogP contribution >= 0.6 is 11.3 Å². The highest BCUT2D eigenvalue weighted by molar-refractivity contribution is 7.13. The van der Waals surface area contributed by atoms with E-state index in [1.807, 2.05) is 35.2 Å². The van der Waals surface area contributed by atoms with Gasteiger partial charge in [0.25, 0.3) is 0 Å². The van der Waals surface area contributed by atoms with Gasteiger partial charge in [0.1, 0.15) is 11.4 Å². The van der Waals surface area contributed by atoms with Crippen molar-refractivity contribution in [1.82, 2.24) is 14.0 Å². The van der Waals surface area contributed by atoms with Gasteiger partial charge in [0.2, 0.25) is 5.78 Å². The number of aryl methyl sites for hydroxylation is 1. The van der Waals surface area contributed by atoms with Crippen molar-refractivity contribution in [1.29, 1.82) is 0 Å². The summed E-state index contributed by atoms with van der Waals surface area (Å²) in [5.41, 5.74) is 1.41. The highest BCUT2D eigenvalue weighted by atomic mass is 32.1. The average molecular weight is 275 g/mol. The number of nitrogens with zero attached hydrogens (tertiary/aromatic N) is 3. The Morgan fingerprint density at radius 1 is 1.47 bits per heavy atom. The second kappa shape index (κ2) is 4.55. The molecule has 0 N–H and O–H groups in total. The van der Waals surface area contributed by atoms with Crippen LogP contribution < -0.4 is 0 Å². The Hall–Kier alpha value is -2.08. The van der Waals surface area contributed by atoms with E-state index < -0.39 is 0 Å². The molecule has 3 aromatic heterocycles. The molecule has 0 atom stereocenters. The van der Waals surface area contributed by atoms with Crippen molar-refractivity contribution in [2.75, 3.05) is 6.61 Å². The minimum absolute atomic E-state index is 0.326. The molecular formula is C13H13N3O2S. The zero-order chi connectivity index (χ0) is 13.4. The fraction of sp³-hybridized carbons (Fsp3) is 0.231. The molecular weight excluding hydrogens is 262 g/mol. The van der Waals surface area contributed by atoms with Gasteiger partial charge in [-0.15, -0.1) is 11.3 Å². The normalized spacial score (nSPS) is 11.1. The lowest BCUT2D eigenvalue weighted by Gasteiger charge is -2.01. The van der Waals surface area contributed by atoms with E-state index in [0.29, 0.717) is 12.3 Å². The smallest absolute Gasteiger partial charge is 0.356 e. The van der Waals surface area contributed by atoms with E-state index >= 15 is 0 Å². The number of fused-ring (bicyclic) bond motifs is 1. The summed E-state index contributed by atoms with van der Waals surface area (Å²) < 4.78 is 8.61. The van der Waals surface area contributed by atoms with Crippen molar-refractivity contribution < 1.29 is 9.53 Å². The monoisotopic (exact) mass is 275 g/mol. The quantitative estimate of drug-likeness (QED) is 0.690. The van der Waals surface area contributed by atoms with Crippen LogP contribution in [0.15, 0.2) is 29.9 Å². The maximum absolute atomic E-state index is 11.8. The minimum atomic E-state index is -0.326. The molecule has 3 heterocycles. The second-order valence-corrected chi connectivity index (χ2v) is 5.05. The number of thiophene rings is 1. The number of rotatable bonds is 3. The number of aromatic nitrogens is 3. The maximum atomic E-state index is 11.8. The first-order valence-electron chi connectivity index (χ1n) is 5.96. The molecule has 19 heavy (non-hydrogen) atoms. The van der Waals surface area contributed by atoms with Crippen LogP contribution in [0.4, 0.5) is 0 Å². The van der Waals surface area contributed by atoms with Crippen molar-refractivity contribution in [3.8, 4) is 10.6 Å². The van der Waals surface area contributed by atoms with Gasteiger partial charge in [-0.3, -0.25) is 4.40 Å². The summed E-state index contributed by atoms with van der Waals surface area (Å²) in [4.78, 5) is 17.4. The second-order valence-electron chi connectivity index (χ2n) is 4.10. The number of hydrogen-bond acceptors (Lipinski definition) is 4. The lowest BCUT2D eigenvalue weighted by molar-refractivity contribution is 0.0515. The standard InChI is InChI=1S/C13H13N3O2S/c1-3-18-12(17)10-8-16-7-9(11-5-4-6-19-11)14-13(16)15(10)2/h4-8H,3H2,1-2H3. The number of carbonyl (C=O) groups is 1. The molecule has 0 aliphatic heterocycles. The molecule has 0 spiro atoms. The predicted octanol–water partition coefficient (Wildman–Crippen LogP) is 2.58. The highest BCUT2D eigenvalue weighted by Crippen LogP contribution is 2.24. The molecule has 0 amide bonds. The number of esters is 1. The molecule has 0 saturated carbocycles. The number of hydrogen-bond donors (Lipinski definition) is 0. The summed E-state index contributed by atoms with van der Waals surface area (Å²) in [6.45, 7) is 2.16. The first-order valence-corrected chi connectivity index (χ1v) is 6.84. The first-order chi connectivity index (χ1) is 9.20. The molecule has 5 nitrogen and oxygen atoms in total. The molecule has 0 aromatic carbocycles. The summed E-state index contributed by atoms with van der Waals surface area (Å²) >= 11 is 1.64. The first kappa shape index (κ1) is 12.0. The Morgan fingerprint density at radius 2 is 2.32 bits per heavy atom. The van der Waals surface area contributed by atoms with Crippen molar-refractivity contribution in [2.24, 2.45) is 7.05 Å². The van der Waals surface area contributed by atoms with Gasteiger partial charge < -0.3 is 9.30 Å². The van der Waals surface area contributed by atoms with Crippen LogP contribution in [0.2, 0.25) is 0 Å². The zero-order valence-electron chi connectivity index (χ0n) is 10.7. The van der Waals surface area contributed by atoms with E-state index in [1.54, 1.807) is 29.0 Å².